The maximum atomic E-state index is 11.0. The summed E-state index contributed by atoms with van der Waals surface area (Å²) in [4.78, 5) is 11.0. The molecule has 2 aliphatic rings. The number of aliphatic hydroxyl groups is 1. The molecule has 80 valence electrons. The first-order valence-electron chi connectivity index (χ1n) is 5.37. The fourth-order valence-corrected chi connectivity index (χ4v) is 3.10. The van der Waals surface area contributed by atoms with Gasteiger partial charge in [0.25, 0.3) is 0 Å². The summed E-state index contributed by atoms with van der Waals surface area (Å²) >= 11 is 0. The van der Waals surface area contributed by atoms with Gasteiger partial charge in [0.1, 0.15) is 0 Å². The van der Waals surface area contributed by atoms with E-state index in [1.165, 1.54) is 7.11 Å². The van der Waals surface area contributed by atoms with E-state index in [9.17, 15) is 9.90 Å². The zero-order valence-electron chi connectivity index (χ0n) is 8.71. The Balaban J connectivity index is 1.90. The van der Waals surface area contributed by atoms with Gasteiger partial charge in [0, 0.05) is 6.42 Å². The average Bonchev–Trinajstić information content (AvgIpc) is 2.68. The molecule has 0 spiro atoms. The van der Waals surface area contributed by atoms with Crippen LogP contribution in [0.4, 0.5) is 0 Å². The van der Waals surface area contributed by atoms with Crippen molar-refractivity contribution in [2.75, 3.05) is 7.11 Å². The topological polar surface area (TPSA) is 46.5 Å². The SMILES string of the molecule is COC(=O)CCC12CCC(O)(CC1)C2. The third kappa shape index (κ3) is 1.65. The molecule has 0 saturated heterocycles. The Morgan fingerprint density at radius 2 is 2.00 bits per heavy atom. The van der Waals surface area contributed by atoms with Crippen LogP contribution < -0.4 is 0 Å². The lowest BCUT2D eigenvalue weighted by molar-refractivity contribution is -0.141. The number of fused-ring (bicyclic) bond motifs is 2. The molecular weight excluding hydrogens is 180 g/mol. The second-order valence-electron chi connectivity index (χ2n) is 4.98. The maximum Gasteiger partial charge on any atom is 0.305 e. The van der Waals surface area contributed by atoms with E-state index in [-0.39, 0.29) is 11.4 Å². The van der Waals surface area contributed by atoms with Gasteiger partial charge in [-0.2, -0.15) is 0 Å². The van der Waals surface area contributed by atoms with E-state index in [1.54, 1.807) is 0 Å². The van der Waals surface area contributed by atoms with Crippen LogP contribution in [0, 0.1) is 5.41 Å². The lowest BCUT2D eigenvalue weighted by Crippen LogP contribution is -2.20. The molecular formula is C11H18O3. The fourth-order valence-electron chi connectivity index (χ4n) is 3.10. The second-order valence-corrected chi connectivity index (χ2v) is 4.98. The number of rotatable bonds is 3. The fraction of sp³-hybridized carbons (Fsp3) is 0.909. The summed E-state index contributed by atoms with van der Waals surface area (Å²) in [6.07, 6.45) is 6.31. The molecule has 2 rings (SSSR count). The van der Waals surface area contributed by atoms with Gasteiger partial charge in [-0.05, 0) is 43.9 Å². The molecule has 1 N–H and O–H groups in total. The van der Waals surface area contributed by atoms with Gasteiger partial charge in [-0.25, -0.2) is 0 Å². The maximum absolute atomic E-state index is 11.0. The highest BCUT2D eigenvalue weighted by Crippen LogP contribution is 2.58. The van der Waals surface area contributed by atoms with Gasteiger partial charge in [0.15, 0.2) is 0 Å². The highest BCUT2D eigenvalue weighted by Gasteiger charge is 2.52. The number of hydrogen-bond acceptors (Lipinski definition) is 3. The van der Waals surface area contributed by atoms with E-state index in [1.807, 2.05) is 0 Å². The van der Waals surface area contributed by atoms with Crippen LogP contribution in [0.15, 0.2) is 0 Å². The highest BCUT2D eigenvalue weighted by molar-refractivity contribution is 5.69. The van der Waals surface area contributed by atoms with E-state index in [2.05, 4.69) is 4.74 Å². The van der Waals surface area contributed by atoms with E-state index < -0.39 is 5.60 Å². The van der Waals surface area contributed by atoms with Crippen molar-refractivity contribution in [2.45, 2.75) is 50.5 Å². The Kier molecular flexibility index (Phi) is 2.30. The summed E-state index contributed by atoms with van der Waals surface area (Å²) in [5, 5.41) is 10.0. The van der Waals surface area contributed by atoms with E-state index in [4.69, 9.17) is 0 Å². The minimum Gasteiger partial charge on any atom is -0.469 e. The molecule has 0 heterocycles. The van der Waals surface area contributed by atoms with Crippen LogP contribution in [0.3, 0.4) is 0 Å². The van der Waals surface area contributed by atoms with E-state index in [0.29, 0.717) is 6.42 Å². The average molecular weight is 198 g/mol. The smallest absolute Gasteiger partial charge is 0.305 e. The third-order valence-electron chi connectivity index (χ3n) is 4.03. The number of carbonyl (C=O) groups is 1. The predicted octanol–water partition coefficient (Wildman–Crippen LogP) is 1.63. The Morgan fingerprint density at radius 1 is 1.36 bits per heavy atom. The van der Waals surface area contributed by atoms with Crippen LogP contribution in [-0.4, -0.2) is 23.8 Å². The van der Waals surface area contributed by atoms with Crippen molar-refractivity contribution in [3.8, 4) is 0 Å². The largest absolute Gasteiger partial charge is 0.469 e. The van der Waals surface area contributed by atoms with Crippen molar-refractivity contribution in [3.63, 3.8) is 0 Å². The molecule has 3 nitrogen and oxygen atoms in total. The number of esters is 1. The Labute approximate surface area is 84.4 Å². The molecule has 14 heavy (non-hydrogen) atoms. The van der Waals surface area contributed by atoms with Gasteiger partial charge < -0.3 is 9.84 Å². The molecule has 2 bridgehead atoms. The van der Waals surface area contributed by atoms with Crippen molar-refractivity contribution in [3.05, 3.63) is 0 Å². The summed E-state index contributed by atoms with van der Waals surface area (Å²) in [5.74, 6) is -0.123. The summed E-state index contributed by atoms with van der Waals surface area (Å²) in [5.41, 5.74) is -0.140. The number of ether oxygens (including phenoxy) is 1. The number of methoxy groups -OCH3 is 1. The second kappa shape index (κ2) is 3.23. The van der Waals surface area contributed by atoms with Gasteiger partial charge in [0.2, 0.25) is 0 Å². The molecule has 0 unspecified atom stereocenters. The predicted molar refractivity (Wildman–Crippen MR) is 51.7 cm³/mol. The van der Waals surface area contributed by atoms with Crippen molar-refractivity contribution in [1.29, 1.82) is 0 Å². The molecule has 0 amide bonds. The van der Waals surface area contributed by atoms with Gasteiger partial charge in [0.05, 0.1) is 12.7 Å². The standard InChI is InChI=1S/C11H18O3/c1-14-9(12)2-3-10-4-6-11(13,8-10)7-5-10/h13H,2-8H2,1H3. The van der Waals surface area contributed by atoms with E-state index >= 15 is 0 Å². The summed E-state index contributed by atoms with van der Waals surface area (Å²) in [7, 11) is 1.43. The molecule has 0 atom stereocenters. The van der Waals surface area contributed by atoms with Gasteiger partial charge >= 0.3 is 5.97 Å². The Bertz CT molecular complexity index is 239. The molecule has 2 aliphatic carbocycles. The lowest BCUT2D eigenvalue weighted by atomic mass is 9.80. The van der Waals surface area contributed by atoms with Crippen LogP contribution >= 0.6 is 0 Å². The first kappa shape index (κ1) is 9.97. The normalized spacial score (nSPS) is 40.1. The molecule has 2 saturated carbocycles. The Hall–Kier alpha value is -0.570. The van der Waals surface area contributed by atoms with Gasteiger partial charge in [-0.15, -0.1) is 0 Å². The molecule has 2 fully saturated rings. The van der Waals surface area contributed by atoms with Crippen LogP contribution in [0.2, 0.25) is 0 Å². The molecule has 0 aliphatic heterocycles. The lowest BCUT2D eigenvalue weighted by Gasteiger charge is -2.25. The van der Waals surface area contributed by atoms with E-state index in [0.717, 1.165) is 38.5 Å². The van der Waals surface area contributed by atoms with Crippen molar-refractivity contribution < 1.29 is 14.6 Å². The molecule has 0 radical (unpaired) electrons. The Morgan fingerprint density at radius 3 is 2.43 bits per heavy atom. The third-order valence-corrected chi connectivity index (χ3v) is 4.03. The van der Waals surface area contributed by atoms with Crippen LogP contribution in [-0.2, 0) is 9.53 Å². The molecule has 0 aromatic heterocycles. The van der Waals surface area contributed by atoms with Gasteiger partial charge in [-0.1, -0.05) is 0 Å². The monoisotopic (exact) mass is 198 g/mol. The number of carbonyl (C=O) groups excluding carboxylic acids is 1. The minimum atomic E-state index is -0.393. The van der Waals surface area contributed by atoms with Crippen LogP contribution in [0.1, 0.15) is 44.9 Å². The summed E-state index contributed by atoms with van der Waals surface area (Å²) in [6, 6.07) is 0. The van der Waals surface area contributed by atoms with Crippen molar-refractivity contribution in [2.24, 2.45) is 5.41 Å². The van der Waals surface area contributed by atoms with Crippen molar-refractivity contribution in [1.82, 2.24) is 0 Å². The minimum absolute atomic E-state index is 0.123. The quantitative estimate of drug-likeness (QED) is 0.701. The first-order chi connectivity index (χ1) is 6.58. The first-order valence-corrected chi connectivity index (χ1v) is 5.37. The molecule has 0 aromatic carbocycles. The zero-order chi connectivity index (χ0) is 10.2. The zero-order valence-corrected chi connectivity index (χ0v) is 8.71. The summed E-state index contributed by atoms with van der Waals surface area (Å²) < 4.78 is 4.64. The van der Waals surface area contributed by atoms with Crippen LogP contribution in [0.25, 0.3) is 0 Å². The number of hydrogen-bond donors (Lipinski definition) is 1. The molecule has 3 heteroatoms. The van der Waals surface area contributed by atoms with Crippen LogP contribution in [0.5, 0.6) is 0 Å². The highest BCUT2D eigenvalue weighted by atomic mass is 16.5. The molecule has 0 aromatic rings. The van der Waals surface area contributed by atoms with Gasteiger partial charge in [-0.3, -0.25) is 4.79 Å². The summed E-state index contributed by atoms with van der Waals surface area (Å²) in [6.45, 7) is 0. The van der Waals surface area contributed by atoms with Crippen molar-refractivity contribution >= 4 is 5.97 Å².